The molecule has 2 fully saturated rings. The Kier molecular flexibility index (Phi) is 2.87. The molecular formula is C14H17ClFN. The van der Waals surface area contributed by atoms with Crippen LogP contribution in [0.5, 0.6) is 0 Å². The second kappa shape index (κ2) is 4.25. The van der Waals surface area contributed by atoms with Gasteiger partial charge in [-0.1, -0.05) is 23.7 Å². The number of hydrogen-bond acceptors (Lipinski definition) is 1. The van der Waals surface area contributed by atoms with Gasteiger partial charge in [0.05, 0.1) is 5.02 Å². The van der Waals surface area contributed by atoms with E-state index in [4.69, 9.17) is 17.3 Å². The average molecular weight is 254 g/mol. The van der Waals surface area contributed by atoms with Crippen molar-refractivity contribution >= 4 is 11.6 Å². The third-order valence-electron chi connectivity index (χ3n) is 4.37. The van der Waals surface area contributed by atoms with Crippen LogP contribution < -0.4 is 5.73 Å². The van der Waals surface area contributed by atoms with Gasteiger partial charge < -0.3 is 5.73 Å². The van der Waals surface area contributed by atoms with Crippen LogP contribution >= 0.6 is 11.6 Å². The Morgan fingerprint density at radius 2 is 2.00 bits per heavy atom. The van der Waals surface area contributed by atoms with Crippen molar-refractivity contribution in [1.82, 2.24) is 0 Å². The molecule has 2 N–H and O–H groups in total. The molecule has 2 aliphatic carbocycles. The molecule has 3 unspecified atom stereocenters. The number of nitrogens with two attached hydrogens (primary N) is 1. The first-order valence-corrected chi connectivity index (χ1v) is 6.71. The monoisotopic (exact) mass is 253 g/mol. The summed E-state index contributed by atoms with van der Waals surface area (Å²) in [4.78, 5) is 0. The number of fused-ring (bicyclic) bond motifs is 1. The Morgan fingerprint density at radius 3 is 2.71 bits per heavy atom. The van der Waals surface area contributed by atoms with Crippen LogP contribution in [0, 0.1) is 23.6 Å². The maximum absolute atomic E-state index is 13.7. The van der Waals surface area contributed by atoms with Crippen LogP contribution in [-0.2, 0) is 6.42 Å². The van der Waals surface area contributed by atoms with Crippen LogP contribution in [0.15, 0.2) is 18.2 Å². The fourth-order valence-corrected chi connectivity index (χ4v) is 3.43. The van der Waals surface area contributed by atoms with Crippen LogP contribution in [0.3, 0.4) is 0 Å². The summed E-state index contributed by atoms with van der Waals surface area (Å²) in [6.07, 6.45) is 4.49. The van der Waals surface area contributed by atoms with Crippen molar-refractivity contribution < 1.29 is 4.39 Å². The maximum Gasteiger partial charge on any atom is 0.145 e. The normalized spacial score (nSPS) is 32.3. The third kappa shape index (κ3) is 2.21. The summed E-state index contributed by atoms with van der Waals surface area (Å²) >= 11 is 5.77. The van der Waals surface area contributed by atoms with Gasteiger partial charge >= 0.3 is 0 Å². The van der Waals surface area contributed by atoms with Crippen molar-refractivity contribution in [3.63, 3.8) is 0 Å². The molecule has 0 aromatic heterocycles. The van der Waals surface area contributed by atoms with E-state index in [0.29, 0.717) is 17.9 Å². The van der Waals surface area contributed by atoms with E-state index in [1.807, 2.05) is 0 Å². The zero-order chi connectivity index (χ0) is 12.0. The lowest BCUT2D eigenvalue weighted by atomic mass is 9.90. The SMILES string of the molecule is NC(Cc1cccc(Cl)c1F)C1CC2CC2C1. The Balaban J connectivity index is 1.67. The summed E-state index contributed by atoms with van der Waals surface area (Å²) in [6.45, 7) is 0. The molecule has 3 heteroatoms. The molecule has 2 saturated carbocycles. The predicted octanol–water partition coefficient (Wildman–Crippen LogP) is 3.40. The lowest BCUT2D eigenvalue weighted by Crippen LogP contribution is -2.31. The molecule has 2 aliphatic rings. The first-order chi connectivity index (χ1) is 8.15. The summed E-state index contributed by atoms with van der Waals surface area (Å²) in [5.74, 6) is 2.13. The van der Waals surface area contributed by atoms with Gasteiger partial charge in [0.2, 0.25) is 0 Å². The Hall–Kier alpha value is -0.600. The van der Waals surface area contributed by atoms with E-state index in [1.165, 1.54) is 19.3 Å². The molecule has 0 spiro atoms. The largest absolute Gasteiger partial charge is 0.327 e. The van der Waals surface area contributed by atoms with E-state index in [0.717, 1.165) is 11.8 Å². The molecule has 92 valence electrons. The molecule has 0 bridgehead atoms. The highest BCUT2D eigenvalue weighted by Crippen LogP contribution is 2.55. The van der Waals surface area contributed by atoms with Gasteiger partial charge in [-0.05, 0) is 55.1 Å². The quantitative estimate of drug-likeness (QED) is 0.878. The van der Waals surface area contributed by atoms with Crippen LogP contribution in [0.1, 0.15) is 24.8 Å². The van der Waals surface area contributed by atoms with Gasteiger partial charge in [-0.15, -0.1) is 0 Å². The van der Waals surface area contributed by atoms with E-state index in [2.05, 4.69) is 0 Å². The molecule has 1 aromatic carbocycles. The highest BCUT2D eigenvalue weighted by molar-refractivity contribution is 6.30. The van der Waals surface area contributed by atoms with Crippen molar-refractivity contribution in [2.75, 3.05) is 0 Å². The maximum atomic E-state index is 13.7. The Bertz CT molecular complexity index is 424. The van der Waals surface area contributed by atoms with Crippen LogP contribution in [0.25, 0.3) is 0 Å². The van der Waals surface area contributed by atoms with E-state index < -0.39 is 0 Å². The van der Waals surface area contributed by atoms with Crippen molar-refractivity contribution in [2.45, 2.75) is 31.7 Å². The van der Waals surface area contributed by atoms with Gasteiger partial charge in [0.15, 0.2) is 0 Å². The number of halogens is 2. The van der Waals surface area contributed by atoms with E-state index >= 15 is 0 Å². The molecule has 3 rings (SSSR count). The fraction of sp³-hybridized carbons (Fsp3) is 0.571. The van der Waals surface area contributed by atoms with Crippen LogP contribution in [0.2, 0.25) is 5.02 Å². The van der Waals surface area contributed by atoms with Crippen LogP contribution in [-0.4, -0.2) is 6.04 Å². The van der Waals surface area contributed by atoms with Crippen molar-refractivity contribution in [3.05, 3.63) is 34.6 Å². The lowest BCUT2D eigenvalue weighted by molar-refractivity contribution is 0.389. The standard InChI is InChI=1S/C14H17ClFN/c15-12-3-1-2-8(14(12)16)7-13(17)11-5-9-4-10(9)6-11/h1-3,9-11,13H,4-7,17H2. The molecule has 1 aromatic rings. The van der Waals surface area contributed by atoms with Gasteiger partial charge in [0, 0.05) is 6.04 Å². The second-order valence-electron chi connectivity index (χ2n) is 5.57. The molecule has 0 radical (unpaired) electrons. The van der Waals surface area contributed by atoms with Crippen LogP contribution in [0.4, 0.5) is 4.39 Å². The highest BCUT2D eigenvalue weighted by Gasteiger charge is 2.47. The molecule has 0 aliphatic heterocycles. The topological polar surface area (TPSA) is 26.0 Å². The van der Waals surface area contributed by atoms with E-state index in [-0.39, 0.29) is 16.9 Å². The van der Waals surface area contributed by atoms with Crippen molar-refractivity contribution in [1.29, 1.82) is 0 Å². The first kappa shape index (κ1) is 11.5. The minimum absolute atomic E-state index is 0.0794. The number of benzene rings is 1. The van der Waals surface area contributed by atoms with E-state index in [9.17, 15) is 4.39 Å². The highest BCUT2D eigenvalue weighted by atomic mass is 35.5. The Morgan fingerprint density at radius 1 is 1.29 bits per heavy atom. The molecule has 3 atom stereocenters. The lowest BCUT2D eigenvalue weighted by Gasteiger charge is -2.21. The minimum atomic E-state index is -0.298. The molecule has 17 heavy (non-hydrogen) atoms. The van der Waals surface area contributed by atoms with Gasteiger partial charge in [-0.3, -0.25) is 0 Å². The smallest absolute Gasteiger partial charge is 0.145 e. The van der Waals surface area contributed by atoms with Gasteiger partial charge in [0.1, 0.15) is 5.82 Å². The summed E-state index contributed by atoms with van der Waals surface area (Å²) < 4.78 is 13.7. The van der Waals surface area contributed by atoms with Gasteiger partial charge in [-0.25, -0.2) is 4.39 Å². The van der Waals surface area contributed by atoms with E-state index in [1.54, 1.807) is 18.2 Å². The molecule has 1 nitrogen and oxygen atoms in total. The number of rotatable bonds is 3. The zero-order valence-electron chi connectivity index (χ0n) is 9.70. The molecule has 0 amide bonds. The van der Waals surface area contributed by atoms with Crippen molar-refractivity contribution in [3.8, 4) is 0 Å². The van der Waals surface area contributed by atoms with Gasteiger partial charge in [-0.2, -0.15) is 0 Å². The third-order valence-corrected chi connectivity index (χ3v) is 4.66. The average Bonchev–Trinajstić information content (AvgIpc) is 2.92. The first-order valence-electron chi connectivity index (χ1n) is 6.33. The summed E-state index contributed by atoms with van der Waals surface area (Å²) in [5, 5.41) is 0.198. The predicted molar refractivity (Wildman–Crippen MR) is 67.4 cm³/mol. The molecular weight excluding hydrogens is 237 g/mol. The summed E-state index contributed by atoms with van der Waals surface area (Å²) in [5.41, 5.74) is 6.86. The minimum Gasteiger partial charge on any atom is -0.327 e. The molecule has 0 heterocycles. The Labute approximate surface area is 106 Å². The van der Waals surface area contributed by atoms with Gasteiger partial charge in [0.25, 0.3) is 0 Å². The fourth-order valence-electron chi connectivity index (χ4n) is 3.24. The summed E-state index contributed by atoms with van der Waals surface area (Å²) in [7, 11) is 0. The second-order valence-corrected chi connectivity index (χ2v) is 5.98. The zero-order valence-corrected chi connectivity index (χ0v) is 10.5. The summed E-state index contributed by atoms with van der Waals surface area (Å²) in [6, 6.07) is 5.24. The van der Waals surface area contributed by atoms with Crippen molar-refractivity contribution in [2.24, 2.45) is 23.5 Å². The number of hydrogen-bond donors (Lipinski definition) is 1. The molecule has 0 saturated heterocycles.